The molecule has 0 spiro atoms. The zero-order chi connectivity index (χ0) is 14.0. The Morgan fingerprint density at radius 3 is 3.00 bits per heavy atom. The molecule has 1 unspecified atom stereocenters. The normalized spacial score (nSPS) is 12.1. The van der Waals surface area contributed by atoms with E-state index in [1.807, 2.05) is 0 Å². The Labute approximate surface area is 110 Å². The standard InChI is InChI=1S/C13H14N4O2/c1-9(7-14)8-16(2)12-11(13(18)19)17-6-4-3-5-10(17)15-12/h3-6,9H,8H2,1-2H3,(H,18,19). The second kappa shape index (κ2) is 4.98. The molecule has 0 radical (unpaired) electrons. The fourth-order valence-corrected chi connectivity index (χ4v) is 1.99. The van der Waals surface area contributed by atoms with Gasteiger partial charge in [-0.2, -0.15) is 5.26 Å². The zero-order valence-electron chi connectivity index (χ0n) is 10.7. The maximum Gasteiger partial charge on any atom is 0.356 e. The number of anilines is 1. The Kier molecular flexibility index (Phi) is 3.38. The lowest BCUT2D eigenvalue weighted by Gasteiger charge is -2.18. The number of nitriles is 1. The fourth-order valence-electron chi connectivity index (χ4n) is 1.99. The van der Waals surface area contributed by atoms with Crippen LogP contribution in [0, 0.1) is 17.2 Å². The van der Waals surface area contributed by atoms with E-state index < -0.39 is 5.97 Å². The number of carboxylic acid groups (broad SMARTS) is 1. The molecule has 6 nitrogen and oxygen atoms in total. The number of fused-ring (bicyclic) bond motifs is 1. The number of hydrogen-bond acceptors (Lipinski definition) is 4. The molecule has 2 rings (SSSR count). The minimum atomic E-state index is -1.04. The average molecular weight is 258 g/mol. The second-order valence-electron chi connectivity index (χ2n) is 4.43. The van der Waals surface area contributed by atoms with Gasteiger partial charge in [-0.05, 0) is 19.1 Å². The molecule has 98 valence electrons. The zero-order valence-corrected chi connectivity index (χ0v) is 10.7. The van der Waals surface area contributed by atoms with Crippen LogP contribution < -0.4 is 4.90 Å². The lowest BCUT2D eigenvalue weighted by molar-refractivity contribution is 0.0690. The minimum absolute atomic E-state index is 0.114. The molecular formula is C13H14N4O2. The van der Waals surface area contributed by atoms with Crippen LogP contribution >= 0.6 is 0 Å². The first kappa shape index (κ1) is 12.9. The van der Waals surface area contributed by atoms with Gasteiger partial charge in [-0.15, -0.1) is 0 Å². The van der Waals surface area contributed by atoms with Crippen LogP contribution in [0.5, 0.6) is 0 Å². The summed E-state index contributed by atoms with van der Waals surface area (Å²) in [6.07, 6.45) is 1.66. The van der Waals surface area contributed by atoms with Crippen LogP contribution in [-0.2, 0) is 0 Å². The maximum absolute atomic E-state index is 11.4. The van der Waals surface area contributed by atoms with Gasteiger partial charge in [0.2, 0.25) is 0 Å². The topological polar surface area (TPSA) is 81.6 Å². The Morgan fingerprint density at radius 2 is 2.37 bits per heavy atom. The Hall–Kier alpha value is -2.55. The van der Waals surface area contributed by atoms with Gasteiger partial charge in [-0.25, -0.2) is 9.78 Å². The van der Waals surface area contributed by atoms with E-state index in [0.717, 1.165) is 0 Å². The van der Waals surface area contributed by atoms with Crippen molar-refractivity contribution in [2.24, 2.45) is 5.92 Å². The third kappa shape index (κ3) is 2.36. The summed E-state index contributed by atoms with van der Waals surface area (Å²) in [5, 5.41) is 18.2. The van der Waals surface area contributed by atoms with Crippen molar-refractivity contribution < 1.29 is 9.90 Å². The van der Waals surface area contributed by atoms with Gasteiger partial charge >= 0.3 is 5.97 Å². The van der Waals surface area contributed by atoms with Crippen LogP contribution in [0.1, 0.15) is 17.4 Å². The summed E-state index contributed by atoms with van der Waals surface area (Å²) in [7, 11) is 1.74. The number of aromatic carboxylic acids is 1. The summed E-state index contributed by atoms with van der Waals surface area (Å²) in [5.74, 6) is -0.859. The molecule has 1 atom stereocenters. The van der Waals surface area contributed by atoms with Crippen molar-refractivity contribution in [1.82, 2.24) is 9.38 Å². The Balaban J connectivity index is 2.51. The summed E-state index contributed by atoms with van der Waals surface area (Å²) in [4.78, 5) is 17.4. The molecule has 2 heterocycles. The van der Waals surface area contributed by atoms with Gasteiger partial charge in [-0.3, -0.25) is 4.40 Å². The second-order valence-corrected chi connectivity index (χ2v) is 4.43. The number of carboxylic acids is 1. The van der Waals surface area contributed by atoms with Crippen molar-refractivity contribution in [1.29, 1.82) is 5.26 Å². The SMILES string of the molecule is CC(C#N)CN(C)c1nc2ccccn2c1C(=O)O. The van der Waals surface area contributed by atoms with Gasteiger partial charge in [0.15, 0.2) is 11.5 Å². The highest BCUT2D eigenvalue weighted by atomic mass is 16.4. The van der Waals surface area contributed by atoms with Crippen LogP contribution in [0.25, 0.3) is 5.65 Å². The van der Waals surface area contributed by atoms with Gasteiger partial charge in [0, 0.05) is 19.8 Å². The van der Waals surface area contributed by atoms with Crippen LogP contribution in [0.15, 0.2) is 24.4 Å². The molecule has 6 heteroatoms. The van der Waals surface area contributed by atoms with E-state index in [1.165, 1.54) is 4.40 Å². The van der Waals surface area contributed by atoms with E-state index in [2.05, 4.69) is 11.1 Å². The molecule has 0 aliphatic rings. The van der Waals surface area contributed by atoms with E-state index in [4.69, 9.17) is 5.26 Å². The molecule has 0 aliphatic heterocycles. The van der Waals surface area contributed by atoms with Crippen molar-refractivity contribution in [3.63, 3.8) is 0 Å². The number of carbonyl (C=O) groups is 1. The molecule has 2 aromatic heterocycles. The van der Waals surface area contributed by atoms with E-state index in [9.17, 15) is 9.90 Å². The first-order valence-corrected chi connectivity index (χ1v) is 5.85. The number of pyridine rings is 1. The largest absolute Gasteiger partial charge is 0.476 e. The van der Waals surface area contributed by atoms with E-state index >= 15 is 0 Å². The predicted octanol–water partition coefficient (Wildman–Crippen LogP) is 1.63. The minimum Gasteiger partial charge on any atom is -0.476 e. The lowest BCUT2D eigenvalue weighted by Crippen LogP contribution is -2.25. The van der Waals surface area contributed by atoms with Crippen molar-refractivity contribution in [3.05, 3.63) is 30.1 Å². The quantitative estimate of drug-likeness (QED) is 0.901. The summed E-state index contributed by atoms with van der Waals surface area (Å²) in [6, 6.07) is 7.43. The monoisotopic (exact) mass is 258 g/mol. The highest BCUT2D eigenvalue weighted by Gasteiger charge is 2.22. The van der Waals surface area contributed by atoms with Gasteiger partial charge < -0.3 is 10.0 Å². The molecule has 1 N–H and O–H groups in total. The maximum atomic E-state index is 11.4. The molecule has 0 aromatic carbocycles. The van der Waals surface area contributed by atoms with E-state index in [1.54, 1.807) is 43.3 Å². The number of rotatable bonds is 4. The first-order chi connectivity index (χ1) is 9.04. The van der Waals surface area contributed by atoms with Gasteiger partial charge in [0.25, 0.3) is 0 Å². The summed E-state index contributed by atoms with van der Waals surface area (Å²) in [6.45, 7) is 2.22. The molecule has 0 saturated carbocycles. The number of imidazole rings is 1. The lowest BCUT2D eigenvalue weighted by atomic mass is 10.2. The molecular weight excluding hydrogens is 244 g/mol. The molecule has 0 fully saturated rings. The Bertz CT molecular complexity index is 656. The smallest absolute Gasteiger partial charge is 0.356 e. The molecule has 0 amide bonds. The van der Waals surface area contributed by atoms with Gasteiger partial charge in [0.05, 0.1) is 12.0 Å². The van der Waals surface area contributed by atoms with Crippen LogP contribution in [0.2, 0.25) is 0 Å². The fraction of sp³-hybridized carbons (Fsp3) is 0.308. The third-order valence-electron chi connectivity index (χ3n) is 2.84. The number of aromatic nitrogens is 2. The van der Waals surface area contributed by atoms with E-state index in [0.29, 0.717) is 18.0 Å². The Morgan fingerprint density at radius 1 is 1.63 bits per heavy atom. The average Bonchev–Trinajstić information content (AvgIpc) is 2.77. The summed E-state index contributed by atoms with van der Waals surface area (Å²) >= 11 is 0. The van der Waals surface area contributed by atoms with Gasteiger partial charge in [0.1, 0.15) is 5.65 Å². The molecule has 0 saturated heterocycles. The molecule has 19 heavy (non-hydrogen) atoms. The summed E-state index contributed by atoms with van der Waals surface area (Å²) < 4.78 is 1.53. The van der Waals surface area contributed by atoms with Crippen molar-refractivity contribution in [2.45, 2.75) is 6.92 Å². The van der Waals surface area contributed by atoms with E-state index in [-0.39, 0.29) is 11.6 Å². The van der Waals surface area contributed by atoms with Crippen LogP contribution in [0.3, 0.4) is 0 Å². The first-order valence-electron chi connectivity index (χ1n) is 5.85. The van der Waals surface area contributed by atoms with Crippen molar-refractivity contribution >= 4 is 17.4 Å². The van der Waals surface area contributed by atoms with Gasteiger partial charge in [-0.1, -0.05) is 6.07 Å². The predicted molar refractivity (Wildman–Crippen MR) is 70.2 cm³/mol. The van der Waals surface area contributed by atoms with Crippen LogP contribution in [0.4, 0.5) is 5.82 Å². The van der Waals surface area contributed by atoms with Crippen molar-refractivity contribution in [2.75, 3.05) is 18.5 Å². The molecule has 2 aromatic rings. The van der Waals surface area contributed by atoms with Crippen LogP contribution in [-0.4, -0.2) is 34.1 Å². The van der Waals surface area contributed by atoms with Crippen molar-refractivity contribution in [3.8, 4) is 6.07 Å². The summed E-state index contributed by atoms with van der Waals surface area (Å²) in [5.41, 5.74) is 0.689. The number of hydrogen-bond donors (Lipinski definition) is 1. The molecule has 0 aliphatic carbocycles. The molecule has 0 bridgehead atoms. The highest BCUT2D eigenvalue weighted by Crippen LogP contribution is 2.21. The third-order valence-corrected chi connectivity index (χ3v) is 2.84. The number of nitrogens with zero attached hydrogens (tertiary/aromatic N) is 4. The highest BCUT2D eigenvalue weighted by molar-refractivity contribution is 5.93.